The Kier molecular flexibility index (Phi) is 6.92. The normalized spacial score (nSPS) is 11.9. The van der Waals surface area contributed by atoms with E-state index in [-0.39, 0.29) is 31.9 Å². The van der Waals surface area contributed by atoms with Crippen LogP contribution in [0.4, 0.5) is 19.0 Å². The maximum atomic E-state index is 13.6. The van der Waals surface area contributed by atoms with Crippen LogP contribution < -0.4 is 4.31 Å². The zero-order valence-corrected chi connectivity index (χ0v) is 19.1. The van der Waals surface area contributed by atoms with E-state index in [2.05, 4.69) is 4.98 Å². The summed E-state index contributed by atoms with van der Waals surface area (Å²) in [5, 5.41) is 9.10. The summed E-state index contributed by atoms with van der Waals surface area (Å²) < 4.78 is 68.6. The first-order valence-corrected chi connectivity index (χ1v) is 11.3. The Bertz CT molecular complexity index is 1310. The summed E-state index contributed by atoms with van der Waals surface area (Å²) in [6, 6.07) is 8.73. The highest BCUT2D eigenvalue weighted by Gasteiger charge is 2.36. The van der Waals surface area contributed by atoms with Gasteiger partial charge in [0.2, 0.25) is 0 Å². The Morgan fingerprint density at radius 1 is 1.06 bits per heavy atom. The van der Waals surface area contributed by atoms with Gasteiger partial charge in [-0.2, -0.15) is 13.2 Å². The number of nitrogens with zero attached hydrogens (tertiary/aromatic N) is 2. The van der Waals surface area contributed by atoms with E-state index in [1.54, 1.807) is 0 Å². The molecule has 33 heavy (non-hydrogen) atoms. The number of pyridine rings is 1. The van der Waals surface area contributed by atoms with E-state index in [1.165, 1.54) is 25.3 Å². The number of aromatic carboxylic acids is 1. The largest absolute Gasteiger partial charge is 0.478 e. The summed E-state index contributed by atoms with van der Waals surface area (Å²) in [6.45, 7) is 0.793. The molecule has 0 spiro atoms. The van der Waals surface area contributed by atoms with Crippen LogP contribution in [0, 0.1) is 6.92 Å². The minimum Gasteiger partial charge on any atom is -0.478 e. The van der Waals surface area contributed by atoms with E-state index in [0.717, 1.165) is 30.3 Å². The van der Waals surface area contributed by atoms with E-state index < -0.39 is 34.3 Å². The van der Waals surface area contributed by atoms with Crippen molar-refractivity contribution in [1.82, 2.24) is 4.98 Å². The van der Waals surface area contributed by atoms with Crippen molar-refractivity contribution in [3.05, 3.63) is 87.0 Å². The van der Waals surface area contributed by atoms with Gasteiger partial charge in [-0.1, -0.05) is 29.3 Å². The first kappa shape index (κ1) is 24.8. The molecule has 0 bridgehead atoms. The number of alkyl halides is 3. The molecule has 0 saturated carbocycles. The van der Waals surface area contributed by atoms with E-state index in [1.807, 2.05) is 0 Å². The average molecular weight is 519 g/mol. The smallest absolute Gasteiger partial charge is 0.416 e. The summed E-state index contributed by atoms with van der Waals surface area (Å²) in [4.78, 5) is 14.8. The highest BCUT2D eigenvalue weighted by Crippen LogP contribution is 2.36. The van der Waals surface area contributed by atoms with Crippen molar-refractivity contribution in [2.45, 2.75) is 24.5 Å². The third kappa shape index (κ3) is 5.40. The molecule has 0 aliphatic rings. The SMILES string of the molecule is Cc1cc(Cl)cnc1N(Cc1ccc(Cl)cc1C(F)(F)F)S(=O)(=O)c1ccc(C(=O)O)cc1. The number of sulfonamides is 1. The lowest BCUT2D eigenvalue weighted by molar-refractivity contribution is -0.138. The number of carboxylic acids is 1. The van der Waals surface area contributed by atoms with Gasteiger partial charge in [0.15, 0.2) is 0 Å². The molecule has 12 heteroatoms. The molecule has 3 rings (SSSR count). The molecule has 0 saturated heterocycles. The van der Waals surface area contributed by atoms with Crippen LogP contribution in [0.1, 0.15) is 27.0 Å². The molecule has 6 nitrogen and oxygen atoms in total. The van der Waals surface area contributed by atoms with E-state index >= 15 is 0 Å². The number of aromatic nitrogens is 1. The number of benzene rings is 2. The Labute approximate surface area is 197 Å². The molecule has 0 unspecified atom stereocenters. The molecule has 0 aliphatic heterocycles. The lowest BCUT2D eigenvalue weighted by Crippen LogP contribution is -2.33. The molecular weight excluding hydrogens is 504 g/mol. The van der Waals surface area contributed by atoms with Crippen LogP contribution in [0.2, 0.25) is 10.0 Å². The highest BCUT2D eigenvalue weighted by atomic mass is 35.5. The van der Waals surface area contributed by atoms with Crippen LogP contribution in [0.5, 0.6) is 0 Å². The zero-order valence-electron chi connectivity index (χ0n) is 16.8. The van der Waals surface area contributed by atoms with Crippen molar-refractivity contribution in [1.29, 1.82) is 0 Å². The van der Waals surface area contributed by atoms with Crippen LogP contribution in [-0.4, -0.2) is 24.5 Å². The summed E-state index contributed by atoms with van der Waals surface area (Å²) in [5.74, 6) is -1.40. The maximum Gasteiger partial charge on any atom is 0.416 e. The number of halogens is 5. The first-order valence-electron chi connectivity index (χ1n) is 9.14. The molecule has 0 fully saturated rings. The Morgan fingerprint density at radius 2 is 1.70 bits per heavy atom. The summed E-state index contributed by atoms with van der Waals surface area (Å²) >= 11 is 11.7. The molecule has 0 amide bonds. The lowest BCUT2D eigenvalue weighted by Gasteiger charge is -2.26. The fourth-order valence-electron chi connectivity index (χ4n) is 3.07. The number of aryl methyl sites for hydroxylation is 1. The second kappa shape index (κ2) is 9.20. The first-order chi connectivity index (χ1) is 15.3. The van der Waals surface area contributed by atoms with Gasteiger partial charge >= 0.3 is 12.1 Å². The number of hydrogen-bond acceptors (Lipinski definition) is 4. The van der Waals surface area contributed by atoms with Gasteiger partial charge in [-0.3, -0.25) is 0 Å². The van der Waals surface area contributed by atoms with Crippen molar-refractivity contribution in [2.75, 3.05) is 4.31 Å². The van der Waals surface area contributed by atoms with Crippen LogP contribution in [-0.2, 0) is 22.7 Å². The molecule has 0 radical (unpaired) electrons. The summed E-state index contributed by atoms with van der Waals surface area (Å²) in [5.41, 5.74) is -1.30. The van der Waals surface area contributed by atoms with Gasteiger partial charge in [0.25, 0.3) is 10.0 Å². The molecule has 0 atom stereocenters. The molecule has 2 aromatic carbocycles. The molecule has 3 aromatic rings. The highest BCUT2D eigenvalue weighted by molar-refractivity contribution is 7.92. The van der Waals surface area contributed by atoms with Gasteiger partial charge in [0.1, 0.15) is 5.82 Å². The number of carbonyl (C=O) groups is 1. The Morgan fingerprint density at radius 3 is 2.24 bits per heavy atom. The molecule has 1 N–H and O–H groups in total. The molecule has 0 aliphatic carbocycles. The second-order valence-electron chi connectivity index (χ2n) is 6.93. The third-order valence-corrected chi connectivity index (χ3v) is 6.83. The van der Waals surface area contributed by atoms with Gasteiger partial charge in [-0.05, 0) is 60.5 Å². The minimum atomic E-state index is -4.79. The fourth-order valence-corrected chi connectivity index (χ4v) is 4.92. The van der Waals surface area contributed by atoms with Crippen LogP contribution in [0.3, 0.4) is 0 Å². The Balaban J connectivity index is 2.19. The van der Waals surface area contributed by atoms with Gasteiger partial charge < -0.3 is 5.11 Å². The molecule has 174 valence electrons. The molecule has 1 heterocycles. The molecule has 1 aromatic heterocycles. The second-order valence-corrected chi connectivity index (χ2v) is 9.67. The van der Waals surface area contributed by atoms with Gasteiger partial charge in [-0.25, -0.2) is 22.5 Å². The number of carboxylic acid groups (broad SMARTS) is 1. The van der Waals surface area contributed by atoms with Gasteiger partial charge in [-0.15, -0.1) is 0 Å². The third-order valence-electron chi connectivity index (χ3n) is 4.63. The van der Waals surface area contributed by atoms with E-state index in [4.69, 9.17) is 28.3 Å². The lowest BCUT2D eigenvalue weighted by atomic mass is 10.1. The quantitative estimate of drug-likeness (QED) is 0.444. The van der Waals surface area contributed by atoms with Crippen molar-refractivity contribution >= 4 is 45.0 Å². The summed E-state index contributed by atoms with van der Waals surface area (Å²) in [7, 11) is -4.47. The van der Waals surface area contributed by atoms with Crippen molar-refractivity contribution < 1.29 is 31.5 Å². The number of anilines is 1. The monoisotopic (exact) mass is 518 g/mol. The van der Waals surface area contributed by atoms with Crippen molar-refractivity contribution in [3.63, 3.8) is 0 Å². The zero-order chi connectivity index (χ0) is 24.6. The predicted molar refractivity (Wildman–Crippen MR) is 117 cm³/mol. The topological polar surface area (TPSA) is 87.6 Å². The average Bonchev–Trinajstić information content (AvgIpc) is 2.72. The number of rotatable bonds is 6. The van der Waals surface area contributed by atoms with E-state index in [9.17, 15) is 26.4 Å². The number of hydrogen-bond donors (Lipinski definition) is 1. The van der Waals surface area contributed by atoms with Crippen molar-refractivity contribution in [3.8, 4) is 0 Å². The minimum absolute atomic E-state index is 0.134. The van der Waals surface area contributed by atoms with Crippen LogP contribution in [0.15, 0.2) is 59.6 Å². The van der Waals surface area contributed by atoms with Crippen molar-refractivity contribution in [2.24, 2.45) is 0 Å². The summed E-state index contributed by atoms with van der Waals surface area (Å²) in [6.07, 6.45) is -3.62. The Hall–Kier alpha value is -2.82. The predicted octanol–water partition coefficient (Wildman–Crippen LogP) is 5.81. The van der Waals surface area contributed by atoms with E-state index in [0.29, 0.717) is 15.9 Å². The van der Waals surface area contributed by atoms with Crippen LogP contribution in [0.25, 0.3) is 0 Å². The fraction of sp³-hybridized carbons (Fsp3) is 0.143. The molecular formula is C21H15Cl2F3N2O4S. The maximum absolute atomic E-state index is 13.6. The standard InChI is InChI=1S/C21H15Cl2F3N2O4S/c1-12-8-16(23)10-27-19(12)28(11-14-2-5-15(22)9-18(14)21(24,25)26)33(31,32)17-6-3-13(4-7-17)20(29)30/h2-10H,11H2,1H3,(H,29,30). The van der Waals surface area contributed by atoms with Gasteiger partial charge in [0, 0.05) is 11.2 Å². The van der Waals surface area contributed by atoms with Crippen LogP contribution >= 0.6 is 23.2 Å². The van der Waals surface area contributed by atoms with Gasteiger partial charge in [0.05, 0.1) is 27.6 Å².